The molecule has 154 valence electrons. The molecule has 0 aliphatic rings. The van der Waals surface area contributed by atoms with E-state index in [-0.39, 0.29) is 22.6 Å². The summed E-state index contributed by atoms with van der Waals surface area (Å²) in [6.07, 6.45) is 2.17. The summed E-state index contributed by atoms with van der Waals surface area (Å²) in [6, 6.07) is 9.40. The molecule has 0 aromatic heterocycles. The lowest BCUT2D eigenvalue weighted by Gasteiger charge is -2.11. The van der Waals surface area contributed by atoms with Crippen molar-refractivity contribution < 1.29 is 36.6 Å². The fourth-order valence-corrected chi connectivity index (χ4v) is 2.29. The van der Waals surface area contributed by atoms with Crippen molar-refractivity contribution in [2.24, 2.45) is 0 Å². The Morgan fingerprint density at radius 3 is 2.34 bits per heavy atom. The van der Waals surface area contributed by atoms with E-state index >= 15 is 0 Å². The number of hydrogen-bond donors (Lipinski definition) is 2. The van der Waals surface area contributed by atoms with Gasteiger partial charge < -0.3 is 20.1 Å². The van der Waals surface area contributed by atoms with Crippen molar-refractivity contribution in [2.75, 3.05) is 12.4 Å². The maximum atomic E-state index is 12.6. The summed E-state index contributed by atoms with van der Waals surface area (Å²) in [4.78, 5) is 24.0. The average Bonchev–Trinajstić information content (AvgIpc) is 2.66. The standard InChI is InChI=1S/C19H16F4N2O4/c1-24-17(27)13-4-2-3-5-14(13)25-16(26)9-7-11-6-8-12(28-18(20)21)10-15(11)29-19(22)23/h2-10,18-19H,1H3,(H,24,27)(H,25,26)/b9-7+. The molecular weight excluding hydrogens is 396 g/mol. The highest BCUT2D eigenvalue weighted by molar-refractivity contribution is 6.07. The Kier molecular flexibility index (Phi) is 7.58. The topological polar surface area (TPSA) is 76.7 Å². The Hall–Kier alpha value is -3.56. The molecule has 0 atom stereocenters. The van der Waals surface area contributed by atoms with Gasteiger partial charge in [-0.15, -0.1) is 0 Å². The van der Waals surface area contributed by atoms with Crippen LogP contribution in [0.25, 0.3) is 6.08 Å². The molecular formula is C19H16F4N2O4. The summed E-state index contributed by atoms with van der Waals surface area (Å²) in [5, 5.41) is 4.93. The van der Waals surface area contributed by atoms with Gasteiger partial charge in [0.15, 0.2) is 0 Å². The molecule has 2 rings (SSSR count). The minimum atomic E-state index is -3.21. The number of benzene rings is 2. The molecule has 0 saturated carbocycles. The van der Waals surface area contributed by atoms with Crippen molar-refractivity contribution in [2.45, 2.75) is 13.2 Å². The Bertz CT molecular complexity index is 904. The maximum absolute atomic E-state index is 12.6. The van der Waals surface area contributed by atoms with Gasteiger partial charge in [-0.1, -0.05) is 12.1 Å². The van der Waals surface area contributed by atoms with Crippen LogP contribution in [0.15, 0.2) is 48.5 Å². The molecule has 0 bridgehead atoms. The number of carbonyl (C=O) groups excluding carboxylic acids is 2. The van der Waals surface area contributed by atoms with Crippen LogP contribution in [-0.2, 0) is 4.79 Å². The normalized spacial score (nSPS) is 11.0. The number of para-hydroxylation sites is 1. The molecule has 2 N–H and O–H groups in total. The third-order valence-corrected chi connectivity index (χ3v) is 3.50. The number of anilines is 1. The fraction of sp³-hybridized carbons (Fsp3) is 0.158. The molecule has 0 spiro atoms. The molecule has 29 heavy (non-hydrogen) atoms. The molecule has 2 aromatic carbocycles. The third-order valence-electron chi connectivity index (χ3n) is 3.50. The molecule has 0 aliphatic carbocycles. The predicted octanol–water partition coefficient (Wildman–Crippen LogP) is 3.90. The Morgan fingerprint density at radius 1 is 1.00 bits per heavy atom. The number of rotatable bonds is 8. The van der Waals surface area contributed by atoms with Crippen LogP contribution in [0.3, 0.4) is 0 Å². The predicted molar refractivity (Wildman–Crippen MR) is 97.2 cm³/mol. The van der Waals surface area contributed by atoms with Crippen molar-refractivity contribution >= 4 is 23.6 Å². The Labute approximate surface area is 163 Å². The number of amides is 2. The molecule has 6 nitrogen and oxygen atoms in total. The van der Waals surface area contributed by atoms with E-state index in [1.165, 1.54) is 25.2 Å². The fourth-order valence-electron chi connectivity index (χ4n) is 2.29. The summed E-state index contributed by atoms with van der Waals surface area (Å²) in [6.45, 7) is -6.35. The first kappa shape index (κ1) is 21.7. The molecule has 0 heterocycles. The SMILES string of the molecule is CNC(=O)c1ccccc1NC(=O)/C=C/c1ccc(OC(F)F)cc1OC(F)F. The van der Waals surface area contributed by atoms with Gasteiger partial charge in [0.1, 0.15) is 11.5 Å². The van der Waals surface area contributed by atoms with Crippen LogP contribution in [0.2, 0.25) is 0 Å². The quantitative estimate of drug-likeness (QED) is 0.509. The van der Waals surface area contributed by atoms with Gasteiger partial charge in [0.2, 0.25) is 5.91 Å². The summed E-state index contributed by atoms with van der Waals surface area (Å²) in [5.74, 6) is -1.89. The summed E-state index contributed by atoms with van der Waals surface area (Å²) < 4.78 is 58.2. The van der Waals surface area contributed by atoms with Crippen molar-refractivity contribution in [3.63, 3.8) is 0 Å². The first-order valence-electron chi connectivity index (χ1n) is 8.14. The molecule has 2 amide bonds. The number of ether oxygens (including phenoxy) is 2. The van der Waals surface area contributed by atoms with E-state index in [9.17, 15) is 27.2 Å². The molecule has 0 saturated heterocycles. The van der Waals surface area contributed by atoms with Crippen molar-refractivity contribution in [1.29, 1.82) is 0 Å². The van der Waals surface area contributed by atoms with Crippen molar-refractivity contribution in [3.05, 3.63) is 59.7 Å². The number of halogens is 4. The number of nitrogens with one attached hydrogen (secondary N) is 2. The van der Waals surface area contributed by atoms with Gasteiger partial charge in [-0.3, -0.25) is 9.59 Å². The van der Waals surface area contributed by atoms with E-state index in [0.717, 1.165) is 24.3 Å². The second-order valence-corrected chi connectivity index (χ2v) is 5.40. The average molecular weight is 412 g/mol. The van der Waals surface area contributed by atoms with E-state index in [1.54, 1.807) is 12.1 Å². The maximum Gasteiger partial charge on any atom is 0.387 e. The van der Waals surface area contributed by atoms with Crippen LogP contribution in [-0.4, -0.2) is 32.1 Å². The smallest absolute Gasteiger partial charge is 0.387 e. The van der Waals surface area contributed by atoms with Crippen molar-refractivity contribution in [3.8, 4) is 11.5 Å². The monoisotopic (exact) mass is 412 g/mol. The van der Waals surface area contributed by atoms with Crippen LogP contribution in [0.5, 0.6) is 11.5 Å². The number of carbonyl (C=O) groups is 2. The second-order valence-electron chi connectivity index (χ2n) is 5.40. The van der Waals surface area contributed by atoms with Gasteiger partial charge >= 0.3 is 13.2 Å². The largest absolute Gasteiger partial charge is 0.435 e. The van der Waals surface area contributed by atoms with Crippen LogP contribution >= 0.6 is 0 Å². The van der Waals surface area contributed by atoms with Crippen LogP contribution < -0.4 is 20.1 Å². The van der Waals surface area contributed by atoms with Gasteiger partial charge in [-0.05, 0) is 30.3 Å². The highest BCUT2D eigenvalue weighted by atomic mass is 19.3. The molecule has 0 radical (unpaired) electrons. The molecule has 0 unspecified atom stereocenters. The lowest BCUT2D eigenvalue weighted by atomic mass is 10.1. The summed E-state index contributed by atoms with van der Waals surface area (Å²) >= 11 is 0. The lowest BCUT2D eigenvalue weighted by Crippen LogP contribution is -2.20. The van der Waals surface area contributed by atoms with E-state index in [0.29, 0.717) is 0 Å². The minimum absolute atomic E-state index is 0.0293. The Morgan fingerprint density at radius 2 is 1.69 bits per heavy atom. The molecule has 0 aliphatic heterocycles. The zero-order valence-electron chi connectivity index (χ0n) is 15.0. The van der Waals surface area contributed by atoms with Crippen LogP contribution in [0.1, 0.15) is 15.9 Å². The lowest BCUT2D eigenvalue weighted by molar-refractivity contribution is -0.111. The molecule has 2 aromatic rings. The molecule has 0 fully saturated rings. The number of alkyl halides is 4. The zero-order chi connectivity index (χ0) is 21.4. The summed E-state index contributed by atoms with van der Waals surface area (Å²) in [7, 11) is 1.44. The highest BCUT2D eigenvalue weighted by Gasteiger charge is 2.13. The first-order valence-corrected chi connectivity index (χ1v) is 8.14. The third kappa shape index (κ3) is 6.52. The van der Waals surface area contributed by atoms with Gasteiger partial charge in [0.25, 0.3) is 5.91 Å². The molecule has 10 heteroatoms. The van der Waals surface area contributed by atoms with E-state index in [1.807, 2.05) is 0 Å². The van der Waals surface area contributed by atoms with Crippen molar-refractivity contribution in [1.82, 2.24) is 5.32 Å². The van der Waals surface area contributed by atoms with Gasteiger partial charge in [0.05, 0.1) is 11.3 Å². The summed E-state index contributed by atoms with van der Waals surface area (Å²) in [5.41, 5.74) is 0.500. The van der Waals surface area contributed by atoms with E-state index in [2.05, 4.69) is 20.1 Å². The van der Waals surface area contributed by atoms with Crippen LogP contribution in [0.4, 0.5) is 23.2 Å². The Balaban J connectivity index is 2.20. The van der Waals surface area contributed by atoms with Crippen LogP contribution in [0, 0.1) is 0 Å². The highest BCUT2D eigenvalue weighted by Crippen LogP contribution is 2.28. The van der Waals surface area contributed by atoms with Gasteiger partial charge in [0, 0.05) is 24.8 Å². The van der Waals surface area contributed by atoms with E-state index in [4.69, 9.17) is 0 Å². The van der Waals surface area contributed by atoms with E-state index < -0.39 is 30.8 Å². The second kappa shape index (κ2) is 10.1. The first-order chi connectivity index (χ1) is 13.8. The number of hydrogen-bond acceptors (Lipinski definition) is 4. The van der Waals surface area contributed by atoms with Gasteiger partial charge in [-0.2, -0.15) is 17.6 Å². The minimum Gasteiger partial charge on any atom is -0.435 e. The van der Waals surface area contributed by atoms with Gasteiger partial charge in [-0.25, -0.2) is 0 Å². The zero-order valence-corrected chi connectivity index (χ0v) is 15.0.